The Morgan fingerprint density at radius 1 is 1.43 bits per heavy atom. The molecule has 1 rings (SSSR count). The molecule has 0 aliphatic carbocycles. The normalized spacial score (nSPS) is 11.4. The molecule has 1 aromatic heterocycles. The Hall–Kier alpha value is -2.53. The molecular weight excluding hydrogens is 335 g/mol. The highest BCUT2D eigenvalue weighted by molar-refractivity contribution is 5.73. The monoisotopic (exact) mass is 344 g/mol. The van der Waals surface area contributed by atoms with Gasteiger partial charge in [-0.05, 0) is 6.92 Å². The van der Waals surface area contributed by atoms with Crippen LogP contribution in [0.5, 0.6) is 5.88 Å². The molecule has 128 valence electrons. The van der Waals surface area contributed by atoms with Crippen molar-refractivity contribution in [1.29, 1.82) is 0 Å². The fraction of sp³-hybridized carbons (Fsp3) is 0.455. The van der Waals surface area contributed by atoms with E-state index in [1.54, 1.807) is 0 Å². The predicted octanol–water partition coefficient (Wildman–Crippen LogP) is 2.93. The predicted molar refractivity (Wildman–Crippen MR) is 62.9 cm³/mol. The SMILES string of the molecule is CCOC(=O)Cc1nc(OC(F)(F)F)c(C(F)F)cc1[N+](=O)[O-]. The summed E-state index contributed by atoms with van der Waals surface area (Å²) in [5.74, 6) is -2.58. The van der Waals surface area contributed by atoms with Gasteiger partial charge in [-0.25, -0.2) is 13.8 Å². The highest BCUT2D eigenvalue weighted by atomic mass is 19.4. The zero-order chi connectivity index (χ0) is 17.8. The topological polar surface area (TPSA) is 91.6 Å². The number of rotatable bonds is 6. The number of alkyl halides is 5. The Kier molecular flexibility index (Phi) is 5.76. The first kappa shape index (κ1) is 18.5. The molecule has 0 saturated heterocycles. The summed E-state index contributed by atoms with van der Waals surface area (Å²) in [4.78, 5) is 24.1. The molecule has 0 amide bonds. The van der Waals surface area contributed by atoms with E-state index in [0.717, 1.165) is 0 Å². The minimum Gasteiger partial charge on any atom is -0.466 e. The fourth-order valence-corrected chi connectivity index (χ4v) is 1.52. The minimum absolute atomic E-state index is 0.0896. The van der Waals surface area contributed by atoms with Gasteiger partial charge in [0.05, 0.1) is 23.5 Å². The van der Waals surface area contributed by atoms with Crippen LogP contribution in [0.25, 0.3) is 0 Å². The summed E-state index contributed by atoms with van der Waals surface area (Å²) in [6.07, 6.45) is -9.72. The van der Waals surface area contributed by atoms with Crippen LogP contribution in [0.2, 0.25) is 0 Å². The van der Waals surface area contributed by atoms with E-state index in [1.165, 1.54) is 6.92 Å². The van der Waals surface area contributed by atoms with Crippen molar-refractivity contribution in [3.8, 4) is 5.88 Å². The third-order valence-electron chi connectivity index (χ3n) is 2.33. The molecule has 0 bridgehead atoms. The zero-order valence-corrected chi connectivity index (χ0v) is 11.4. The van der Waals surface area contributed by atoms with Crippen molar-refractivity contribution in [1.82, 2.24) is 4.98 Å². The minimum atomic E-state index is -5.34. The van der Waals surface area contributed by atoms with Gasteiger partial charge in [-0.15, -0.1) is 13.2 Å². The molecule has 0 aliphatic rings. The molecule has 0 atom stereocenters. The van der Waals surface area contributed by atoms with Crippen LogP contribution in [0.15, 0.2) is 6.07 Å². The second-order valence-corrected chi connectivity index (χ2v) is 3.94. The van der Waals surface area contributed by atoms with E-state index in [-0.39, 0.29) is 12.7 Å². The van der Waals surface area contributed by atoms with Gasteiger partial charge in [-0.1, -0.05) is 0 Å². The molecule has 0 N–H and O–H groups in total. The van der Waals surface area contributed by atoms with Crippen molar-refractivity contribution in [2.75, 3.05) is 6.61 Å². The van der Waals surface area contributed by atoms with Crippen LogP contribution >= 0.6 is 0 Å². The molecule has 1 aromatic rings. The van der Waals surface area contributed by atoms with E-state index in [4.69, 9.17) is 0 Å². The molecule has 12 heteroatoms. The summed E-state index contributed by atoms with van der Waals surface area (Å²) < 4.78 is 70.0. The van der Waals surface area contributed by atoms with E-state index in [0.29, 0.717) is 0 Å². The van der Waals surface area contributed by atoms with Crippen LogP contribution < -0.4 is 4.74 Å². The van der Waals surface area contributed by atoms with E-state index in [9.17, 15) is 36.9 Å². The first-order valence-electron chi connectivity index (χ1n) is 5.92. The van der Waals surface area contributed by atoms with Gasteiger partial charge in [0.1, 0.15) is 5.69 Å². The molecule has 0 unspecified atom stereocenters. The van der Waals surface area contributed by atoms with Gasteiger partial charge in [-0.3, -0.25) is 14.9 Å². The summed E-state index contributed by atoms with van der Waals surface area (Å²) in [6, 6.07) is 0.188. The molecule has 23 heavy (non-hydrogen) atoms. The van der Waals surface area contributed by atoms with Gasteiger partial charge in [0.25, 0.3) is 12.1 Å². The van der Waals surface area contributed by atoms with E-state index >= 15 is 0 Å². The summed E-state index contributed by atoms with van der Waals surface area (Å²) >= 11 is 0. The highest BCUT2D eigenvalue weighted by Gasteiger charge is 2.36. The van der Waals surface area contributed by atoms with Gasteiger partial charge in [0.2, 0.25) is 5.88 Å². The first-order chi connectivity index (χ1) is 10.5. The largest absolute Gasteiger partial charge is 0.574 e. The molecule has 0 radical (unpaired) electrons. The Labute approximate surface area is 125 Å². The van der Waals surface area contributed by atoms with Crippen molar-refractivity contribution < 1.29 is 41.1 Å². The number of carbonyl (C=O) groups excluding carboxylic acids is 1. The Morgan fingerprint density at radius 3 is 2.48 bits per heavy atom. The number of hydrogen-bond donors (Lipinski definition) is 0. The Balaban J connectivity index is 3.39. The number of nitrogens with zero attached hydrogens (tertiary/aromatic N) is 2. The first-order valence-corrected chi connectivity index (χ1v) is 5.92. The molecule has 0 aromatic carbocycles. The zero-order valence-electron chi connectivity index (χ0n) is 11.4. The van der Waals surface area contributed by atoms with Crippen LogP contribution in [-0.4, -0.2) is 28.8 Å². The fourth-order valence-electron chi connectivity index (χ4n) is 1.52. The van der Waals surface area contributed by atoms with Crippen LogP contribution in [0.4, 0.5) is 27.6 Å². The number of aromatic nitrogens is 1. The van der Waals surface area contributed by atoms with Gasteiger partial charge in [-0.2, -0.15) is 0 Å². The van der Waals surface area contributed by atoms with Gasteiger partial charge in [0.15, 0.2) is 0 Å². The van der Waals surface area contributed by atoms with Crippen molar-refractivity contribution in [3.05, 3.63) is 27.4 Å². The molecule has 7 nitrogen and oxygen atoms in total. The Morgan fingerprint density at radius 2 is 2.04 bits per heavy atom. The van der Waals surface area contributed by atoms with Crippen molar-refractivity contribution in [2.45, 2.75) is 26.1 Å². The third-order valence-corrected chi connectivity index (χ3v) is 2.33. The summed E-state index contributed by atoms with van der Waals surface area (Å²) in [5, 5.41) is 10.8. The highest BCUT2D eigenvalue weighted by Crippen LogP contribution is 2.35. The Bertz CT molecular complexity index is 605. The van der Waals surface area contributed by atoms with Crippen molar-refractivity contribution in [3.63, 3.8) is 0 Å². The number of esters is 1. The van der Waals surface area contributed by atoms with Gasteiger partial charge < -0.3 is 9.47 Å². The smallest absolute Gasteiger partial charge is 0.466 e. The molecule has 0 aliphatic heterocycles. The van der Waals surface area contributed by atoms with Crippen LogP contribution in [0.3, 0.4) is 0 Å². The lowest BCUT2D eigenvalue weighted by Gasteiger charge is -2.13. The second kappa shape index (κ2) is 7.15. The summed E-state index contributed by atoms with van der Waals surface area (Å²) in [6.45, 7) is 1.34. The van der Waals surface area contributed by atoms with E-state index in [1.807, 2.05) is 0 Å². The average Bonchev–Trinajstić information content (AvgIpc) is 2.36. The number of nitro groups is 1. The standard InChI is InChI=1S/C11H9F5N2O5/c1-2-22-8(19)4-6-7(18(20)21)3-5(9(12)13)10(17-6)23-11(14,15)16/h3,9H,2,4H2,1H3. The van der Waals surface area contributed by atoms with E-state index < -0.39 is 52.9 Å². The second-order valence-electron chi connectivity index (χ2n) is 3.94. The van der Waals surface area contributed by atoms with E-state index in [2.05, 4.69) is 14.5 Å². The maximum Gasteiger partial charge on any atom is 0.574 e. The molecule has 0 fully saturated rings. The maximum absolute atomic E-state index is 12.8. The molecule has 0 saturated carbocycles. The lowest BCUT2D eigenvalue weighted by molar-refractivity contribution is -0.386. The number of carbonyl (C=O) groups is 1. The lowest BCUT2D eigenvalue weighted by Crippen LogP contribution is -2.20. The number of halogens is 5. The maximum atomic E-state index is 12.8. The average molecular weight is 344 g/mol. The molecule has 0 spiro atoms. The van der Waals surface area contributed by atoms with Crippen LogP contribution in [0, 0.1) is 10.1 Å². The lowest BCUT2D eigenvalue weighted by atomic mass is 10.1. The number of ether oxygens (including phenoxy) is 2. The van der Waals surface area contributed by atoms with Crippen molar-refractivity contribution in [2.24, 2.45) is 0 Å². The van der Waals surface area contributed by atoms with Crippen molar-refractivity contribution >= 4 is 11.7 Å². The van der Waals surface area contributed by atoms with Crippen LogP contribution in [0.1, 0.15) is 24.6 Å². The molecule has 1 heterocycles. The quantitative estimate of drug-likeness (QED) is 0.341. The molecular formula is C11H9F5N2O5. The summed E-state index contributed by atoms with van der Waals surface area (Å²) in [5.41, 5.74) is -3.23. The number of hydrogen-bond acceptors (Lipinski definition) is 6. The van der Waals surface area contributed by atoms with Gasteiger partial charge >= 0.3 is 12.3 Å². The van der Waals surface area contributed by atoms with Crippen LogP contribution in [-0.2, 0) is 16.0 Å². The van der Waals surface area contributed by atoms with Gasteiger partial charge in [0, 0.05) is 6.07 Å². The number of pyridine rings is 1. The summed E-state index contributed by atoms with van der Waals surface area (Å²) in [7, 11) is 0. The third kappa shape index (κ3) is 5.30.